The van der Waals surface area contributed by atoms with E-state index in [0.29, 0.717) is 6.16 Å². The molecule has 0 bridgehead atoms. The third-order valence-electron chi connectivity index (χ3n) is 1.31. The van der Waals surface area contributed by atoms with Crippen molar-refractivity contribution in [3.8, 4) is 0 Å². The number of aliphatic carboxylic acids is 2. The smallest absolute Gasteiger partial charge is 0.316 e. The fourth-order valence-electron chi connectivity index (χ4n) is 0.646. The van der Waals surface area contributed by atoms with Gasteiger partial charge in [0, 0.05) is 0 Å². The molecule has 6 nitrogen and oxygen atoms in total. The van der Waals surface area contributed by atoms with Crippen LogP contribution >= 0.6 is 7.37 Å². The van der Waals surface area contributed by atoms with Crippen LogP contribution in [0.5, 0.6) is 0 Å². The van der Waals surface area contributed by atoms with Gasteiger partial charge in [-0.1, -0.05) is 0 Å². The molecule has 3 N–H and O–H groups in total. The molecule has 0 aliphatic carbocycles. The molecule has 0 spiro atoms. The normalized spacial score (nSPS) is 17.4. The molecule has 0 rings (SSSR count). The Bertz CT molecular complexity index is 260. The van der Waals surface area contributed by atoms with Gasteiger partial charge in [-0.25, -0.2) is 0 Å². The van der Waals surface area contributed by atoms with Gasteiger partial charge in [0.25, 0.3) is 0 Å². The van der Waals surface area contributed by atoms with E-state index in [4.69, 9.17) is 22.0 Å². The summed E-state index contributed by atoms with van der Waals surface area (Å²) < 4.78 is 11.0. The Morgan fingerprint density at radius 3 is 2.15 bits per heavy atom. The van der Waals surface area contributed by atoms with E-state index in [2.05, 4.69) is 0 Å². The van der Waals surface area contributed by atoms with Crippen LogP contribution in [0.1, 0.15) is 6.42 Å². The van der Waals surface area contributed by atoms with Gasteiger partial charge >= 0.3 is 11.9 Å². The van der Waals surface area contributed by atoms with Gasteiger partial charge in [-0.15, -0.1) is 0 Å². The van der Waals surface area contributed by atoms with Crippen LogP contribution in [-0.4, -0.2) is 32.7 Å². The topological polar surface area (TPSA) is 112 Å². The molecule has 0 amide bonds. The van der Waals surface area contributed by atoms with Crippen molar-refractivity contribution in [2.45, 2.75) is 12.1 Å². The summed E-state index contributed by atoms with van der Waals surface area (Å²) >= 11 is 0. The van der Waals surface area contributed by atoms with Crippen LogP contribution in [0.4, 0.5) is 0 Å². The summed E-state index contributed by atoms with van der Waals surface area (Å²) in [4.78, 5) is 29.4. The molecule has 0 aromatic rings. The summed E-state index contributed by atoms with van der Waals surface area (Å²) in [7, 11) is -4.22. The summed E-state index contributed by atoms with van der Waals surface area (Å²) in [6.07, 6.45) is -0.606. The first-order valence-corrected chi connectivity index (χ1v) is 4.94. The quantitative estimate of drug-likeness (QED) is 0.549. The second-order valence-electron chi connectivity index (χ2n) is 2.27. The maximum absolute atomic E-state index is 11.0. The molecule has 0 heterocycles. The molecule has 0 saturated heterocycles. The Kier molecular flexibility index (Phi) is 4.10. The second-order valence-corrected chi connectivity index (χ2v) is 4.54. The van der Waals surface area contributed by atoms with Crippen LogP contribution in [0, 0.1) is 13.1 Å². The van der Waals surface area contributed by atoms with Crippen LogP contribution in [0.2, 0.25) is 0 Å². The third-order valence-corrected chi connectivity index (χ3v) is 3.04. The fourth-order valence-corrected chi connectivity index (χ4v) is 1.59. The van der Waals surface area contributed by atoms with Crippen molar-refractivity contribution in [2.24, 2.45) is 0 Å². The molecule has 3 radical (unpaired) electrons. The highest BCUT2D eigenvalue weighted by atomic mass is 31.2. The van der Waals surface area contributed by atoms with Crippen LogP contribution in [0.3, 0.4) is 0 Å². The van der Waals surface area contributed by atoms with Crippen LogP contribution < -0.4 is 0 Å². The highest BCUT2D eigenvalue weighted by Crippen LogP contribution is 2.50. The Morgan fingerprint density at radius 1 is 1.46 bits per heavy atom. The maximum Gasteiger partial charge on any atom is 0.316 e. The number of carbonyl (C=O) groups is 2. The molecule has 0 saturated carbocycles. The van der Waals surface area contributed by atoms with Gasteiger partial charge in [-0.2, -0.15) is 0 Å². The SMILES string of the molecule is [CH][CH]P(=O)(O)C(CC(=O)O)C(=O)O. The Morgan fingerprint density at radius 2 is 1.92 bits per heavy atom. The lowest BCUT2D eigenvalue weighted by molar-refractivity contribution is -0.143. The fraction of sp³-hybridized carbons (Fsp3) is 0.333. The molecular weight excluding hydrogens is 199 g/mol. The van der Waals surface area contributed by atoms with Gasteiger partial charge in [0.1, 0.15) is 5.66 Å². The number of hydrogen-bond acceptors (Lipinski definition) is 3. The minimum Gasteiger partial charge on any atom is -0.481 e. The molecule has 2 unspecified atom stereocenters. The van der Waals surface area contributed by atoms with Gasteiger partial charge < -0.3 is 15.1 Å². The molecule has 7 heteroatoms. The zero-order chi connectivity index (χ0) is 10.6. The maximum atomic E-state index is 11.0. The van der Waals surface area contributed by atoms with Crippen molar-refractivity contribution in [1.82, 2.24) is 0 Å². The zero-order valence-electron chi connectivity index (χ0n) is 6.45. The van der Waals surface area contributed by atoms with Gasteiger partial charge in [0.2, 0.25) is 7.37 Å². The lowest BCUT2D eigenvalue weighted by atomic mass is 10.3. The summed E-state index contributed by atoms with van der Waals surface area (Å²) in [5.41, 5.74) is -1.88. The van der Waals surface area contributed by atoms with Crippen molar-refractivity contribution >= 4 is 19.3 Å². The van der Waals surface area contributed by atoms with Crippen molar-refractivity contribution in [2.75, 3.05) is 0 Å². The van der Waals surface area contributed by atoms with E-state index < -0.39 is 31.4 Å². The van der Waals surface area contributed by atoms with Gasteiger partial charge in [-0.05, 0) is 6.92 Å². The molecule has 0 aliphatic rings. The van der Waals surface area contributed by atoms with E-state index >= 15 is 0 Å². The van der Waals surface area contributed by atoms with Crippen LogP contribution in [0.25, 0.3) is 0 Å². The lowest BCUT2D eigenvalue weighted by Crippen LogP contribution is -2.23. The van der Waals surface area contributed by atoms with Crippen molar-refractivity contribution in [1.29, 1.82) is 0 Å². The largest absolute Gasteiger partial charge is 0.481 e. The highest BCUT2D eigenvalue weighted by molar-refractivity contribution is 7.62. The number of carboxylic acid groups (broad SMARTS) is 2. The minimum atomic E-state index is -4.22. The van der Waals surface area contributed by atoms with Gasteiger partial charge in [0.05, 0.1) is 12.6 Å². The predicted molar refractivity (Wildman–Crippen MR) is 42.1 cm³/mol. The van der Waals surface area contributed by atoms with Crippen LogP contribution in [-0.2, 0) is 14.2 Å². The second kappa shape index (κ2) is 4.39. The number of rotatable bonds is 5. The Labute approximate surface area is 74.6 Å². The average molecular weight is 207 g/mol. The third kappa shape index (κ3) is 3.57. The molecule has 0 aromatic heterocycles. The van der Waals surface area contributed by atoms with Crippen LogP contribution in [0.15, 0.2) is 0 Å². The van der Waals surface area contributed by atoms with E-state index in [9.17, 15) is 14.2 Å². The first kappa shape index (κ1) is 12.1. The molecule has 13 heavy (non-hydrogen) atoms. The molecule has 0 fully saturated rings. The number of carboxylic acids is 2. The average Bonchev–Trinajstić information content (AvgIpc) is 1.99. The number of hydrogen-bond donors (Lipinski definition) is 3. The first-order chi connectivity index (χ1) is 5.81. The van der Waals surface area contributed by atoms with E-state index in [1.54, 1.807) is 0 Å². The highest BCUT2D eigenvalue weighted by Gasteiger charge is 2.37. The summed E-state index contributed by atoms with van der Waals surface area (Å²) in [5, 5.41) is 16.7. The minimum absolute atomic E-state index is 0.328. The zero-order valence-corrected chi connectivity index (χ0v) is 7.35. The Hall–Kier alpha value is -0.870. The molecule has 2 atom stereocenters. The standard InChI is InChI=1S/C6H8O6P/c1-2-13(11,12)4(6(9)10)3-5(7)8/h1-2,4H,3H2,(H,7,8)(H,9,10)(H,11,12). The summed E-state index contributed by atoms with van der Waals surface area (Å²) in [5.74, 6) is -3.13. The summed E-state index contributed by atoms with van der Waals surface area (Å²) in [6.45, 7) is 4.73. The Balaban J connectivity index is 4.71. The van der Waals surface area contributed by atoms with E-state index in [1.807, 2.05) is 0 Å². The summed E-state index contributed by atoms with van der Waals surface area (Å²) in [6, 6.07) is 0. The van der Waals surface area contributed by atoms with E-state index in [-0.39, 0.29) is 0 Å². The van der Waals surface area contributed by atoms with Gasteiger partial charge in [-0.3, -0.25) is 14.2 Å². The van der Waals surface area contributed by atoms with E-state index in [1.165, 1.54) is 0 Å². The molecule has 73 valence electrons. The van der Waals surface area contributed by atoms with Crippen molar-refractivity contribution in [3.63, 3.8) is 0 Å². The monoisotopic (exact) mass is 207 g/mol. The van der Waals surface area contributed by atoms with Crippen molar-refractivity contribution in [3.05, 3.63) is 13.1 Å². The van der Waals surface area contributed by atoms with Crippen molar-refractivity contribution < 1.29 is 29.3 Å². The van der Waals surface area contributed by atoms with Gasteiger partial charge in [0.15, 0.2) is 0 Å². The predicted octanol–water partition coefficient (Wildman–Crippen LogP) is 0.0576. The first-order valence-electron chi connectivity index (χ1n) is 3.14. The van der Waals surface area contributed by atoms with E-state index in [0.717, 1.165) is 0 Å². The molecule has 0 aromatic carbocycles. The lowest BCUT2D eigenvalue weighted by Gasteiger charge is -2.15. The molecular formula is C6H8O6P. The molecule has 0 aliphatic heterocycles.